The highest BCUT2D eigenvalue weighted by Crippen LogP contribution is 2.19. The maximum absolute atomic E-state index is 13.6. The molecule has 2 aromatic rings. The van der Waals surface area contributed by atoms with Crippen molar-refractivity contribution >= 4 is 21.6 Å². The monoisotopic (exact) mass is 311 g/mol. The molecule has 1 heterocycles. The Morgan fingerprint density at radius 2 is 2.17 bits per heavy atom. The van der Waals surface area contributed by atoms with Crippen LogP contribution >= 0.6 is 15.9 Å². The number of nitrogens with one attached hydrogen (secondary N) is 1. The summed E-state index contributed by atoms with van der Waals surface area (Å²) in [5.74, 6) is -0.271. The van der Waals surface area contributed by atoms with Gasteiger partial charge in [-0.1, -0.05) is 15.9 Å². The third kappa shape index (κ3) is 3.10. The topological polar surface area (TPSA) is 29.9 Å². The number of hydrogen-bond donors (Lipinski definition) is 1. The van der Waals surface area contributed by atoms with E-state index in [2.05, 4.69) is 40.2 Å². The lowest BCUT2D eigenvalue weighted by molar-refractivity contribution is 0.527. The lowest BCUT2D eigenvalue weighted by atomic mass is 10.3. The molecule has 2 rings (SSSR count). The van der Waals surface area contributed by atoms with Crippen LogP contribution in [-0.4, -0.2) is 9.78 Å². The molecule has 1 aromatic heterocycles. The van der Waals surface area contributed by atoms with Crippen LogP contribution < -0.4 is 5.32 Å². The second-order valence-corrected chi connectivity index (χ2v) is 5.27. The van der Waals surface area contributed by atoms with Crippen molar-refractivity contribution in [2.45, 2.75) is 26.4 Å². The van der Waals surface area contributed by atoms with Gasteiger partial charge in [-0.2, -0.15) is 5.10 Å². The zero-order chi connectivity index (χ0) is 13.1. The second kappa shape index (κ2) is 5.52. The Balaban J connectivity index is 2.02. The maximum Gasteiger partial charge on any atom is 0.147 e. The highest BCUT2D eigenvalue weighted by Gasteiger charge is 2.05. The molecule has 1 N–H and O–H groups in total. The van der Waals surface area contributed by atoms with Gasteiger partial charge in [-0.25, -0.2) is 4.39 Å². The van der Waals surface area contributed by atoms with Crippen LogP contribution in [-0.2, 0) is 6.54 Å². The SMILES string of the molecule is CC(C)n1ccc(CNc2ccc(Br)cc2F)n1. The maximum atomic E-state index is 13.6. The summed E-state index contributed by atoms with van der Waals surface area (Å²) < 4.78 is 16.2. The van der Waals surface area contributed by atoms with Crippen LogP contribution in [0.25, 0.3) is 0 Å². The van der Waals surface area contributed by atoms with Gasteiger partial charge in [0.2, 0.25) is 0 Å². The van der Waals surface area contributed by atoms with Crippen molar-refractivity contribution in [3.05, 3.63) is 46.4 Å². The first-order valence-corrected chi connectivity index (χ1v) is 6.58. The highest BCUT2D eigenvalue weighted by molar-refractivity contribution is 9.10. The molecule has 0 spiro atoms. The van der Waals surface area contributed by atoms with Crippen LogP contribution in [0.4, 0.5) is 10.1 Å². The molecule has 0 atom stereocenters. The van der Waals surface area contributed by atoms with Gasteiger partial charge in [0, 0.05) is 16.7 Å². The minimum absolute atomic E-state index is 0.271. The second-order valence-electron chi connectivity index (χ2n) is 4.36. The lowest BCUT2D eigenvalue weighted by Gasteiger charge is -2.07. The fraction of sp³-hybridized carbons (Fsp3) is 0.308. The summed E-state index contributed by atoms with van der Waals surface area (Å²) in [6.45, 7) is 4.65. The predicted molar refractivity (Wildman–Crippen MR) is 74.0 cm³/mol. The molecule has 18 heavy (non-hydrogen) atoms. The van der Waals surface area contributed by atoms with Crippen LogP contribution in [0.1, 0.15) is 25.6 Å². The van der Waals surface area contributed by atoms with E-state index in [0.717, 1.165) is 10.2 Å². The van der Waals surface area contributed by atoms with E-state index in [9.17, 15) is 4.39 Å². The van der Waals surface area contributed by atoms with E-state index in [0.29, 0.717) is 18.3 Å². The van der Waals surface area contributed by atoms with Gasteiger partial charge < -0.3 is 5.32 Å². The van der Waals surface area contributed by atoms with E-state index in [1.165, 1.54) is 6.07 Å². The molecule has 0 saturated heterocycles. The third-order valence-corrected chi connectivity index (χ3v) is 3.08. The van der Waals surface area contributed by atoms with Crippen molar-refractivity contribution < 1.29 is 4.39 Å². The Morgan fingerprint density at radius 1 is 1.39 bits per heavy atom. The smallest absolute Gasteiger partial charge is 0.147 e. The summed E-state index contributed by atoms with van der Waals surface area (Å²) in [5, 5.41) is 7.43. The number of rotatable bonds is 4. The summed E-state index contributed by atoms with van der Waals surface area (Å²) in [5.41, 5.74) is 1.38. The minimum atomic E-state index is -0.271. The van der Waals surface area contributed by atoms with Crippen LogP contribution in [0.5, 0.6) is 0 Å². The average molecular weight is 312 g/mol. The normalized spacial score (nSPS) is 10.9. The number of benzene rings is 1. The van der Waals surface area contributed by atoms with Crippen LogP contribution in [0.3, 0.4) is 0 Å². The Labute approximate surface area is 114 Å². The van der Waals surface area contributed by atoms with E-state index in [4.69, 9.17) is 0 Å². The van der Waals surface area contributed by atoms with Gasteiger partial charge in [0.15, 0.2) is 0 Å². The van der Waals surface area contributed by atoms with E-state index >= 15 is 0 Å². The molecule has 0 radical (unpaired) electrons. The zero-order valence-corrected chi connectivity index (χ0v) is 11.9. The van der Waals surface area contributed by atoms with Crippen LogP contribution in [0.2, 0.25) is 0 Å². The van der Waals surface area contributed by atoms with Crippen molar-refractivity contribution in [2.75, 3.05) is 5.32 Å². The number of halogens is 2. The number of aromatic nitrogens is 2. The van der Waals surface area contributed by atoms with Crippen molar-refractivity contribution in [1.29, 1.82) is 0 Å². The Kier molecular flexibility index (Phi) is 4.01. The molecule has 3 nitrogen and oxygen atoms in total. The number of nitrogens with zero attached hydrogens (tertiary/aromatic N) is 2. The highest BCUT2D eigenvalue weighted by atomic mass is 79.9. The zero-order valence-electron chi connectivity index (χ0n) is 10.3. The molecule has 0 aliphatic rings. The molecular weight excluding hydrogens is 297 g/mol. The van der Waals surface area contributed by atoms with Gasteiger partial charge in [0.1, 0.15) is 5.82 Å². The molecule has 0 saturated carbocycles. The van der Waals surface area contributed by atoms with Crippen LogP contribution in [0, 0.1) is 5.82 Å². The summed E-state index contributed by atoms with van der Waals surface area (Å²) in [7, 11) is 0. The molecule has 0 unspecified atom stereocenters. The molecule has 1 aromatic carbocycles. The van der Waals surface area contributed by atoms with E-state index < -0.39 is 0 Å². The van der Waals surface area contributed by atoms with Crippen molar-refractivity contribution in [1.82, 2.24) is 9.78 Å². The first kappa shape index (κ1) is 13.1. The summed E-state index contributed by atoms with van der Waals surface area (Å²) >= 11 is 3.23. The molecule has 5 heteroatoms. The van der Waals surface area contributed by atoms with Gasteiger partial charge in [-0.15, -0.1) is 0 Å². The average Bonchev–Trinajstić information content (AvgIpc) is 2.76. The molecule has 0 aliphatic carbocycles. The van der Waals surface area contributed by atoms with Gasteiger partial charge in [-0.05, 0) is 38.1 Å². The van der Waals surface area contributed by atoms with Gasteiger partial charge in [0.05, 0.1) is 17.9 Å². The van der Waals surface area contributed by atoms with E-state index in [-0.39, 0.29) is 5.82 Å². The van der Waals surface area contributed by atoms with Gasteiger partial charge in [0.25, 0.3) is 0 Å². The van der Waals surface area contributed by atoms with Crippen molar-refractivity contribution in [3.63, 3.8) is 0 Å². The van der Waals surface area contributed by atoms with Crippen molar-refractivity contribution in [3.8, 4) is 0 Å². The first-order valence-electron chi connectivity index (χ1n) is 5.79. The quantitative estimate of drug-likeness (QED) is 0.925. The molecule has 0 aliphatic heterocycles. The van der Waals surface area contributed by atoms with Gasteiger partial charge >= 0.3 is 0 Å². The minimum Gasteiger partial charge on any atom is -0.377 e. The molecular formula is C13H15BrFN3. The Morgan fingerprint density at radius 3 is 2.78 bits per heavy atom. The fourth-order valence-corrected chi connectivity index (χ4v) is 1.91. The summed E-state index contributed by atoms with van der Waals surface area (Å²) in [6, 6.07) is 7.22. The molecule has 0 fully saturated rings. The molecule has 96 valence electrons. The van der Waals surface area contributed by atoms with Crippen LogP contribution in [0.15, 0.2) is 34.9 Å². The van der Waals surface area contributed by atoms with E-state index in [1.807, 2.05) is 16.9 Å². The Bertz CT molecular complexity index is 537. The van der Waals surface area contributed by atoms with E-state index in [1.54, 1.807) is 12.1 Å². The number of hydrogen-bond acceptors (Lipinski definition) is 2. The summed E-state index contributed by atoms with van der Waals surface area (Å²) in [4.78, 5) is 0. The molecule has 0 bridgehead atoms. The van der Waals surface area contributed by atoms with Gasteiger partial charge in [-0.3, -0.25) is 4.68 Å². The Hall–Kier alpha value is -1.36. The fourth-order valence-electron chi connectivity index (χ4n) is 1.58. The predicted octanol–water partition coefficient (Wildman–Crippen LogP) is 3.98. The lowest BCUT2D eigenvalue weighted by Crippen LogP contribution is -2.05. The first-order chi connectivity index (χ1) is 8.56. The standard InChI is InChI=1S/C13H15BrFN3/c1-9(2)18-6-5-11(17-18)8-16-13-4-3-10(14)7-12(13)15/h3-7,9,16H,8H2,1-2H3. The number of anilines is 1. The summed E-state index contributed by atoms with van der Waals surface area (Å²) in [6.07, 6.45) is 1.93. The third-order valence-electron chi connectivity index (χ3n) is 2.58. The van der Waals surface area contributed by atoms with Crippen molar-refractivity contribution in [2.24, 2.45) is 0 Å². The molecule has 0 amide bonds. The largest absolute Gasteiger partial charge is 0.377 e.